The zero-order chi connectivity index (χ0) is 4.50. The Kier molecular flexibility index (Phi) is 15.6. The van der Waals surface area contributed by atoms with E-state index in [-0.39, 0.29) is 71.6 Å². The molecule has 1 N–H and O–H groups in total. The van der Waals surface area contributed by atoms with Crippen molar-refractivity contribution in [1.29, 1.82) is 0 Å². The van der Waals surface area contributed by atoms with Crippen LogP contribution >= 0.6 is 0 Å². The molecule has 0 atom stereocenters. The number of rotatable bonds is 0. The summed E-state index contributed by atoms with van der Waals surface area (Å²) in [6, 6.07) is 0. The molecule has 0 unspecified atom stereocenters. The van der Waals surface area contributed by atoms with Crippen LogP contribution in [0.25, 0.3) is 0 Å². The van der Waals surface area contributed by atoms with Crippen molar-refractivity contribution < 1.29 is 41.7 Å². The van der Waals surface area contributed by atoms with E-state index in [0.717, 1.165) is 0 Å². The molecule has 0 radical (unpaired) electrons. The predicted octanol–water partition coefficient (Wildman–Crippen LogP) is -2.93. The van der Waals surface area contributed by atoms with Gasteiger partial charge in [0.05, 0.1) is 0 Å². The van der Waals surface area contributed by atoms with Gasteiger partial charge in [-0.1, -0.05) is 0 Å². The summed E-state index contributed by atoms with van der Waals surface area (Å²) in [7, 11) is 0. The van der Waals surface area contributed by atoms with Crippen LogP contribution in [0.2, 0.25) is 11.4 Å². The van der Waals surface area contributed by atoms with Crippen molar-refractivity contribution in [1.82, 2.24) is 0 Å². The first kappa shape index (κ1) is 16.3. The molecule has 38 valence electrons. The van der Waals surface area contributed by atoms with Gasteiger partial charge in [0.2, 0.25) is 0 Å². The molecule has 0 heterocycles. The van der Waals surface area contributed by atoms with E-state index >= 15 is 0 Å². The van der Waals surface area contributed by atoms with Gasteiger partial charge >= 0.3 is 100 Å². The van der Waals surface area contributed by atoms with Gasteiger partial charge in [0.1, 0.15) is 0 Å². The Morgan fingerprint density at radius 3 is 1.57 bits per heavy atom. The summed E-state index contributed by atoms with van der Waals surface area (Å²) in [5.74, 6) is 0. The third-order valence-electron chi connectivity index (χ3n) is 0. The minimum atomic E-state index is -3.12. The summed E-state index contributed by atoms with van der Waals surface area (Å²) >= 11 is -3.12. The van der Waals surface area contributed by atoms with E-state index in [9.17, 15) is 3.74 Å². The summed E-state index contributed by atoms with van der Waals surface area (Å²) < 4.78 is 18.0. The van der Waals surface area contributed by atoms with Gasteiger partial charge in [0.25, 0.3) is 0 Å². The second kappa shape index (κ2) is 6.69. The van der Waals surface area contributed by atoms with E-state index in [2.05, 4.69) is 0 Å². The summed E-state index contributed by atoms with van der Waals surface area (Å²) in [6.45, 7) is 0. The molecule has 0 amide bonds. The smallest absolute Gasteiger partial charge is 1.00 e. The van der Waals surface area contributed by atoms with E-state index in [1.54, 1.807) is 0 Å². The van der Waals surface area contributed by atoms with Crippen LogP contribution in [0, 0.1) is 0 Å². The van der Waals surface area contributed by atoms with E-state index in [4.69, 9.17) is 4.10 Å². The zero-order valence-electron chi connectivity index (χ0n) is 8.01. The van der Waals surface area contributed by atoms with Gasteiger partial charge in [-0.2, -0.15) is 0 Å². The first-order chi connectivity index (χ1) is 2.00. The molecule has 0 aromatic rings. The normalized spacial score (nSPS) is 8.43. The van der Waals surface area contributed by atoms with Gasteiger partial charge in [0, 0.05) is 0 Å². The number of hydrogen-bond donors (Lipinski definition) is 1. The van der Waals surface area contributed by atoms with Gasteiger partial charge in [-0.25, -0.2) is 0 Å². The van der Waals surface area contributed by atoms with Gasteiger partial charge in [-0.15, -0.1) is 0 Å². The first-order valence-electron chi connectivity index (χ1n) is 1.28. The fourth-order valence-corrected chi connectivity index (χ4v) is 0. The quantitative estimate of drug-likeness (QED) is 0.429. The maximum absolute atomic E-state index is 9.83. The van der Waals surface area contributed by atoms with Crippen LogP contribution in [-0.4, -0.2) is 55.7 Å². The molecular formula is C2H10AsCaNaO2. The predicted molar refractivity (Wildman–Crippen MR) is 29.5 cm³/mol. The van der Waals surface area contributed by atoms with Gasteiger partial charge in [-0.05, 0) is 0 Å². The van der Waals surface area contributed by atoms with E-state index < -0.39 is 13.8 Å². The van der Waals surface area contributed by atoms with E-state index in [1.807, 2.05) is 0 Å². The van der Waals surface area contributed by atoms with Gasteiger partial charge in [0.15, 0.2) is 0 Å². The van der Waals surface area contributed by atoms with Crippen molar-refractivity contribution in [2.24, 2.45) is 0 Å². The molecule has 7 heavy (non-hydrogen) atoms. The van der Waals surface area contributed by atoms with Crippen molar-refractivity contribution >= 4 is 51.6 Å². The molecule has 0 saturated carbocycles. The third-order valence-corrected chi connectivity index (χ3v) is 0. The van der Waals surface area contributed by atoms with E-state index in [1.165, 1.54) is 11.4 Å². The van der Waals surface area contributed by atoms with Gasteiger partial charge in [-0.3, -0.25) is 0 Å². The van der Waals surface area contributed by atoms with Crippen molar-refractivity contribution in [3.05, 3.63) is 0 Å². The maximum atomic E-state index is 9.83. The SMILES string of the molecule is C[As](C)(=O)O.[Ca+2].[H-].[H-].[H-].[Na+]. The largest absolute Gasteiger partial charge is 2.00 e. The summed E-state index contributed by atoms with van der Waals surface area (Å²) in [4.78, 5) is 0. The Labute approximate surface area is 103 Å². The van der Waals surface area contributed by atoms with Crippen LogP contribution in [-0.2, 0) is 3.74 Å². The molecule has 0 spiro atoms. The molecule has 2 nitrogen and oxygen atoms in total. The van der Waals surface area contributed by atoms with Gasteiger partial charge < -0.3 is 4.28 Å². The molecule has 0 saturated heterocycles. The topological polar surface area (TPSA) is 37.3 Å². The van der Waals surface area contributed by atoms with Crippen LogP contribution in [0.15, 0.2) is 0 Å². The van der Waals surface area contributed by atoms with Crippen molar-refractivity contribution in [2.45, 2.75) is 11.4 Å². The minimum Gasteiger partial charge on any atom is -1.00 e. The van der Waals surface area contributed by atoms with Crippen molar-refractivity contribution in [3.63, 3.8) is 0 Å². The third kappa shape index (κ3) is 55.8. The Hall–Kier alpha value is 2.58. The Bertz CT molecular complexity index is 70.6. The van der Waals surface area contributed by atoms with Crippen LogP contribution in [0.4, 0.5) is 0 Å². The molecule has 5 heteroatoms. The fourth-order valence-electron chi connectivity index (χ4n) is 0. The molecule has 0 fully saturated rings. The summed E-state index contributed by atoms with van der Waals surface area (Å²) in [5.41, 5.74) is 2.72. The average molecular weight is 204 g/mol. The molecule has 0 aliphatic heterocycles. The monoisotopic (exact) mass is 204 g/mol. The zero-order valence-corrected chi connectivity index (χ0v) is 11.1. The average Bonchev–Trinajstić information content (AvgIpc) is 0.722. The standard InChI is InChI=1S/C2H7AsO2.Ca.Na.3H/c1-3(2,4)5;;;;;/h1-2H3,(H,4,5);;;;;/q;+2;+1;3*-1. The van der Waals surface area contributed by atoms with E-state index in [0.29, 0.717) is 0 Å². The summed E-state index contributed by atoms with van der Waals surface area (Å²) in [5, 5.41) is 0. The van der Waals surface area contributed by atoms with Crippen LogP contribution < -0.4 is 29.6 Å². The molecule has 0 aromatic heterocycles. The van der Waals surface area contributed by atoms with Crippen LogP contribution in [0.3, 0.4) is 0 Å². The summed E-state index contributed by atoms with van der Waals surface area (Å²) in [6.07, 6.45) is 0. The second-order valence-corrected chi connectivity index (χ2v) is 6.72. The van der Waals surface area contributed by atoms with Crippen LogP contribution in [0.5, 0.6) is 0 Å². The maximum Gasteiger partial charge on any atom is 2.00 e. The Morgan fingerprint density at radius 1 is 1.57 bits per heavy atom. The molecule has 0 bridgehead atoms. The fraction of sp³-hybridized carbons (Fsp3) is 1.00. The first-order valence-corrected chi connectivity index (χ1v) is 6.64. The number of hydrogen-bond acceptors (Lipinski definition) is 1. The molecular weight excluding hydrogens is 194 g/mol. The van der Waals surface area contributed by atoms with Crippen LogP contribution in [0.1, 0.15) is 4.28 Å². The van der Waals surface area contributed by atoms with Crippen molar-refractivity contribution in [2.75, 3.05) is 0 Å². The molecule has 0 rings (SSSR count). The Balaban J connectivity index is -0.00000000800. The second-order valence-electron chi connectivity index (χ2n) is 1.29. The molecule has 0 aromatic carbocycles. The Morgan fingerprint density at radius 2 is 1.57 bits per heavy atom. The molecule has 0 aliphatic rings. The molecule has 0 aliphatic carbocycles. The van der Waals surface area contributed by atoms with Crippen molar-refractivity contribution in [3.8, 4) is 0 Å². The minimum absolute atomic E-state index is 0.